The van der Waals surface area contributed by atoms with Crippen LogP contribution >= 0.6 is 22.9 Å². The van der Waals surface area contributed by atoms with Crippen molar-refractivity contribution in [3.05, 3.63) is 70.3 Å². The van der Waals surface area contributed by atoms with E-state index in [4.69, 9.17) is 11.6 Å². The molecule has 2 aromatic carbocycles. The number of amides is 1. The van der Waals surface area contributed by atoms with E-state index in [1.807, 2.05) is 4.72 Å². The van der Waals surface area contributed by atoms with Crippen molar-refractivity contribution < 1.29 is 22.2 Å². The highest BCUT2D eigenvalue weighted by atomic mass is 35.5. The largest absolute Gasteiger partial charge is 0.485 e. The Morgan fingerprint density at radius 1 is 1.14 bits per heavy atom. The Morgan fingerprint density at radius 2 is 1.83 bits per heavy atom. The summed E-state index contributed by atoms with van der Waals surface area (Å²) < 4.78 is 49.7. The normalized spacial score (nSPS) is 12.6. The SMILES string of the molecule is O=C(Nc1ccc(-c2cnc(CNS(=O)C(F)(F)F)s2)cc1)c1ccccc1Cl. The van der Waals surface area contributed by atoms with Crippen molar-refractivity contribution >= 4 is 45.5 Å². The van der Waals surface area contributed by atoms with Crippen molar-refractivity contribution in [2.24, 2.45) is 0 Å². The van der Waals surface area contributed by atoms with Crippen LogP contribution in [0.2, 0.25) is 5.02 Å². The predicted molar refractivity (Wildman–Crippen MR) is 108 cm³/mol. The number of carbonyl (C=O) groups is 1. The number of nitrogens with zero attached hydrogens (tertiary/aromatic N) is 1. The Morgan fingerprint density at radius 3 is 2.48 bits per heavy atom. The van der Waals surface area contributed by atoms with Gasteiger partial charge in [0.1, 0.15) is 5.01 Å². The number of hydrogen-bond acceptors (Lipinski definition) is 4. The molecule has 1 atom stereocenters. The first-order chi connectivity index (χ1) is 13.7. The highest BCUT2D eigenvalue weighted by Crippen LogP contribution is 2.28. The van der Waals surface area contributed by atoms with Gasteiger partial charge in [0, 0.05) is 11.9 Å². The minimum Gasteiger partial charge on any atom is -0.322 e. The van der Waals surface area contributed by atoms with Gasteiger partial charge in [-0.3, -0.25) is 4.79 Å². The van der Waals surface area contributed by atoms with Gasteiger partial charge >= 0.3 is 5.51 Å². The molecule has 29 heavy (non-hydrogen) atoms. The van der Waals surface area contributed by atoms with Crippen LogP contribution in [0.25, 0.3) is 10.4 Å². The van der Waals surface area contributed by atoms with Gasteiger partial charge in [0.2, 0.25) is 0 Å². The lowest BCUT2D eigenvalue weighted by molar-refractivity contribution is -0.0394. The minimum atomic E-state index is -4.82. The predicted octanol–water partition coefficient (Wildman–Crippen LogP) is 4.99. The number of anilines is 1. The zero-order valence-electron chi connectivity index (χ0n) is 14.5. The topological polar surface area (TPSA) is 71.1 Å². The fourth-order valence-electron chi connectivity index (χ4n) is 2.30. The van der Waals surface area contributed by atoms with E-state index in [9.17, 15) is 22.2 Å². The second-order valence-electron chi connectivity index (χ2n) is 5.67. The van der Waals surface area contributed by atoms with Crippen molar-refractivity contribution in [1.82, 2.24) is 9.71 Å². The molecule has 1 amide bonds. The summed E-state index contributed by atoms with van der Waals surface area (Å²) in [6.07, 6.45) is 1.52. The number of alkyl halides is 3. The van der Waals surface area contributed by atoms with Gasteiger partial charge in [-0.05, 0) is 29.8 Å². The van der Waals surface area contributed by atoms with Gasteiger partial charge in [0.25, 0.3) is 5.91 Å². The molecule has 1 heterocycles. The van der Waals surface area contributed by atoms with Crippen LogP contribution in [0.5, 0.6) is 0 Å². The second kappa shape index (κ2) is 9.04. The van der Waals surface area contributed by atoms with E-state index in [0.29, 0.717) is 21.3 Å². The second-order valence-corrected chi connectivity index (χ2v) is 8.48. The van der Waals surface area contributed by atoms with E-state index in [1.165, 1.54) is 17.5 Å². The van der Waals surface area contributed by atoms with Gasteiger partial charge in [-0.2, -0.15) is 13.2 Å². The fourth-order valence-corrected chi connectivity index (χ4v) is 3.90. The highest BCUT2D eigenvalue weighted by molar-refractivity contribution is 7.83. The molecule has 0 fully saturated rings. The summed E-state index contributed by atoms with van der Waals surface area (Å²) in [6, 6.07) is 13.6. The molecule has 2 N–H and O–H groups in total. The van der Waals surface area contributed by atoms with E-state index < -0.39 is 16.5 Å². The summed E-state index contributed by atoms with van der Waals surface area (Å²) >= 11 is 7.19. The van der Waals surface area contributed by atoms with E-state index in [-0.39, 0.29) is 12.5 Å². The summed E-state index contributed by atoms with van der Waals surface area (Å²) in [4.78, 5) is 17.0. The van der Waals surface area contributed by atoms with Crippen molar-refractivity contribution in [2.75, 3.05) is 5.32 Å². The number of benzene rings is 2. The summed E-state index contributed by atoms with van der Waals surface area (Å²) in [5.74, 6) is -0.341. The molecule has 0 saturated carbocycles. The number of nitrogens with one attached hydrogen (secondary N) is 2. The summed E-state index contributed by atoms with van der Waals surface area (Å²) in [5, 5.41) is 3.46. The number of aromatic nitrogens is 1. The molecule has 0 bridgehead atoms. The van der Waals surface area contributed by atoms with Crippen molar-refractivity contribution in [2.45, 2.75) is 12.1 Å². The van der Waals surface area contributed by atoms with Crippen molar-refractivity contribution in [3.63, 3.8) is 0 Å². The number of carbonyl (C=O) groups excluding carboxylic acids is 1. The lowest BCUT2D eigenvalue weighted by Gasteiger charge is -2.07. The molecular formula is C18H13ClF3N3O2S2. The zero-order valence-corrected chi connectivity index (χ0v) is 16.9. The van der Waals surface area contributed by atoms with Crippen LogP contribution in [-0.4, -0.2) is 20.6 Å². The summed E-state index contributed by atoms with van der Waals surface area (Å²) in [6.45, 7) is -0.261. The van der Waals surface area contributed by atoms with Crippen LogP contribution in [0.15, 0.2) is 54.7 Å². The molecule has 0 saturated heterocycles. The average molecular weight is 460 g/mol. The van der Waals surface area contributed by atoms with Gasteiger partial charge in [-0.15, -0.1) is 11.3 Å². The molecule has 0 radical (unpaired) electrons. The first kappa shape index (κ1) is 21.4. The van der Waals surface area contributed by atoms with Crippen LogP contribution in [0.4, 0.5) is 18.9 Å². The van der Waals surface area contributed by atoms with Crippen LogP contribution in [0, 0.1) is 0 Å². The molecular weight excluding hydrogens is 447 g/mol. The third-order valence-electron chi connectivity index (χ3n) is 3.66. The molecule has 0 aliphatic rings. The lowest BCUT2D eigenvalue weighted by atomic mass is 10.1. The average Bonchev–Trinajstić information content (AvgIpc) is 3.15. The van der Waals surface area contributed by atoms with E-state index >= 15 is 0 Å². The van der Waals surface area contributed by atoms with Gasteiger partial charge in [0.05, 0.1) is 22.0 Å². The van der Waals surface area contributed by atoms with Crippen LogP contribution < -0.4 is 10.0 Å². The first-order valence-electron chi connectivity index (χ1n) is 8.07. The Balaban J connectivity index is 1.63. The van der Waals surface area contributed by atoms with E-state index in [0.717, 1.165) is 10.4 Å². The van der Waals surface area contributed by atoms with Gasteiger partial charge < -0.3 is 5.32 Å². The van der Waals surface area contributed by atoms with Gasteiger partial charge in [-0.1, -0.05) is 35.9 Å². The van der Waals surface area contributed by atoms with Crippen LogP contribution in [-0.2, 0) is 17.5 Å². The zero-order chi connectivity index (χ0) is 21.0. The lowest BCUT2D eigenvalue weighted by Crippen LogP contribution is -2.29. The van der Waals surface area contributed by atoms with Crippen LogP contribution in [0.1, 0.15) is 15.4 Å². The Bertz CT molecular complexity index is 1040. The summed E-state index contributed by atoms with van der Waals surface area (Å²) in [7, 11) is -3.13. The monoisotopic (exact) mass is 459 g/mol. The molecule has 11 heteroatoms. The maximum atomic E-state index is 12.3. The quantitative estimate of drug-likeness (QED) is 0.545. The Hall–Kier alpha value is -2.27. The van der Waals surface area contributed by atoms with E-state index in [1.54, 1.807) is 48.5 Å². The molecule has 3 aromatic rings. The standard InChI is InChI=1S/C18H13ClF3N3O2S2/c19-14-4-2-1-3-13(14)17(26)25-12-7-5-11(6-8-12)15-9-23-16(28-15)10-24-29(27)18(20,21)22/h1-9,24H,10H2,(H,25,26). The minimum absolute atomic E-state index is 0.261. The number of halogens is 4. The molecule has 0 spiro atoms. The van der Waals surface area contributed by atoms with Crippen molar-refractivity contribution in [3.8, 4) is 10.4 Å². The van der Waals surface area contributed by atoms with Gasteiger partial charge in [0.15, 0.2) is 11.0 Å². The van der Waals surface area contributed by atoms with Crippen LogP contribution in [0.3, 0.4) is 0 Å². The smallest absolute Gasteiger partial charge is 0.322 e. The Kier molecular flexibility index (Phi) is 6.68. The molecule has 152 valence electrons. The Labute approximate surface area is 175 Å². The third kappa shape index (κ3) is 5.63. The molecule has 5 nitrogen and oxygen atoms in total. The van der Waals surface area contributed by atoms with E-state index in [2.05, 4.69) is 10.3 Å². The molecule has 0 aliphatic heterocycles. The summed E-state index contributed by atoms with van der Waals surface area (Å²) in [5.41, 5.74) is -3.12. The highest BCUT2D eigenvalue weighted by Gasteiger charge is 2.36. The molecule has 1 unspecified atom stereocenters. The molecule has 0 aliphatic carbocycles. The molecule has 3 rings (SSSR count). The van der Waals surface area contributed by atoms with Crippen molar-refractivity contribution in [1.29, 1.82) is 0 Å². The van der Waals surface area contributed by atoms with Gasteiger partial charge in [-0.25, -0.2) is 13.9 Å². The number of thiazole rings is 1. The third-order valence-corrected chi connectivity index (χ3v) is 5.87. The maximum Gasteiger partial charge on any atom is 0.485 e. The molecule has 1 aromatic heterocycles. The number of hydrogen-bond donors (Lipinski definition) is 2. The first-order valence-corrected chi connectivity index (χ1v) is 10.4. The number of rotatable bonds is 6. The maximum absolute atomic E-state index is 12.3. The fraction of sp³-hybridized carbons (Fsp3) is 0.111.